The lowest BCUT2D eigenvalue weighted by Crippen LogP contribution is -2.24. The summed E-state index contributed by atoms with van der Waals surface area (Å²) in [4.78, 5) is 0. The van der Waals surface area contributed by atoms with Crippen LogP contribution in [0.25, 0.3) is 0 Å². The summed E-state index contributed by atoms with van der Waals surface area (Å²) in [5, 5.41) is 10.1. The fraction of sp³-hybridized carbons (Fsp3) is 0.833. The van der Waals surface area contributed by atoms with Gasteiger partial charge in [-0.05, 0) is 43.6 Å². The molecule has 0 aromatic heterocycles. The van der Waals surface area contributed by atoms with Crippen molar-refractivity contribution in [2.75, 3.05) is 0 Å². The molecule has 2 aliphatic carbocycles. The van der Waals surface area contributed by atoms with E-state index >= 15 is 0 Å². The summed E-state index contributed by atoms with van der Waals surface area (Å²) < 4.78 is 0. The molecular formula is C12H20O. The van der Waals surface area contributed by atoms with Gasteiger partial charge in [0.15, 0.2) is 0 Å². The molecule has 1 saturated carbocycles. The molecule has 0 amide bonds. The maximum Gasteiger partial charge on any atom is 0.0778 e. The van der Waals surface area contributed by atoms with Gasteiger partial charge in [-0.3, -0.25) is 0 Å². The first-order valence-electron chi connectivity index (χ1n) is 5.75. The van der Waals surface area contributed by atoms with Crippen LogP contribution in [0.4, 0.5) is 0 Å². The molecule has 1 atom stereocenters. The molecule has 2 rings (SSSR count). The Balaban J connectivity index is 1.90. The quantitative estimate of drug-likeness (QED) is 0.648. The van der Waals surface area contributed by atoms with Crippen LogP contribution in [0.1, 0.15) is 51.4 Å². The van der Waals surface area contributed by atoms with Crippen molar-refractivity contribution < 1.29 is 5.11 Å². The lowest BCUT2D eigenvalue weighted by atomic mass is 9.82. The summed E-state index contributed by atoms with van der Waals surface area (Å²) in [6, 6.07) is 0. The van der Waals surface area contributed by atoms with Crippen molar-refractivity contribution in [3.8, 4) is 0 Å². The van der Waals surface area contributed by atoms with Crippen molar-refractivity contribution in [2.24, 2.45) is 5.92 Å². The summed E-state index contributed by atoms with van der Waals surface area (Å²) >= 11 is 0. The second-order valence-electron chi connectivity index (χ2n) is 4.51. The monoisotopic (exact) mass is 180 g/mol. The van der Waals surface area contributed by atoms with Crippen LogP contribution in [0.2, 0.25) is 0 Å². The second-order valence-corrected chi connectivity index (χ2v) is 4.51. The van der Waals surface area contributed by atoms with Gasteiger partial charge in [-0.2, -0.15) is 0 Å². The van der Waals surface area contributed by atoms with Crippen LogP contribution in [-0.4, -0.2) is 11.2 Å². The summed E-state index contributed by atoms with van der Waals surface area (Å²) in [6.45, 7) is 0. The largest absolute Gasteiger partial charge is 0.388 e. The molecule has 1 N–H and O–H groups in total. The smallest absolute Gasteiger partial charge is 0.0778 e. The first kappa shape index (κ1) is 9.26. The zero-order chi connectivity index (χ0) is 9.10. The molecule has 0 saturated heterocycles. The highest BCUT2D eigenvalue weighted by Crippen LogP contribution is 2.32. The third-order valence-corrected chi connectivity index (χ3v) is 3.55. The standard InChI is InChI=1S/C12H20O/c13-12(11-8-4-5-9-11)10-6-2-1-3-7-10/h8,10,12-13H,1-7,9H2. The SMILES string of the molecule is OC(C1=CCCC1)C1CCCCC1. The highest BCUT2D eigenvalue weighted by Gasteiger charge is 2.25. The minimum Gasteiger partial charge on any atom is -0.388 e. The van der Waals surface area contributed by atoms with Gasteiger partial charge in [0.25, 0.3) is 0 Å². The van der Waals surface area contributed by atoms with Crippen molar-refractivity contribution in [2.45, 2.75) is 57.5 Å². The van der Waals surface area contributed by atoms with Crippen LogP contribution in [-0.2, 0) is 0 Å². The van der Waals surface area contributed by atoms with Gasteiger partial charge < -0.3 is 5.11 Å². The average molecular weight is 180 g/mol. The van der Waals surface area contributed by atoms with E-state index < -0.39 is 0 Å². The van der Waals surface area contributed by atoms with E-state index in [2.05, 4.69) is 6.08 Å². The fourth-order valence-electron chi connectivity index (χ4n) is 2.72. The maximum atomic E-state index is 10.1. The lowest BCUT2D eigenvalue weighted by Gasteiger charge is -2.27. The predicted molar refractivity (Wildman–Crippen MR) is 54.5 cm³/mol. The number of aliphatic hydroxyl groups is 1. The predicted octanol–water partition coefficient (Wildman–Crippen LogP) is 3.04. The lowest BCUT2D eigenvalue weighted by molar-refractivity contribution is 0.113. The van der Waals surface area contributed by atoms with Crippen LogP contribution in [0.3, 0.4) is 0 Å². The van der Waals surface area contributed by atoms with Gasteiger partial charge in [0.1, 0.15) is 0 Å². The van der Waals surface area contributed by atoms with E-state index in [9.17, 15) is 5.11 Å². The minimum atomic E-state index is -0.0946. The molecule has 1 nitrogen and oxygen atoms in total. The molecule has 0 aromatic carbocycles. The molecule has 1 heteroatoms. The fourth-order valence-corrected chi connectivity index (χ4v) is 2.72. The van der Waals surface area contributed by atoms with Crippen LogP contribution < -0.4 is 0 Å². The molecule has 0 spiro atoms. The van der Waals surface area contributed by atoms with E-state index in [0.29, 0.717) is 5.92 Å². The number of hydrogen-bond acceptors (Lipinski definition) is 1. The van der Waals surface area contributed by atoms with E-state index in [1.54, 1.807) is 0 Å². The molecule has 74 valence electrons. The topological polar surface area (TPSA) is 20.2 Å². The van der Waals surface area contributed by atoms with E-state index in [1.165, 1.54) is 50.5 Å². The van der Waals surface area contributed by atoms with Gasteiger partial charge in [0, 0.05) is 0 Å². The molecule has 0 bridgehead atoms. The van der Waals surface area contributed by atoms with Gasteiger partial charge in [-0.1, -0.05) is 25.3 Å². The Morgan fingerprint density at radius 3 is 2.54 bits per heavy atom. The second kappa shape index (κ2) is 4.28. The Kier molecular flexibility index (Phi) is 3.05. The third kappa shape index (κ3) is 2.14. The highest BCUT2D eigenvalue weighted by atomic mass is 16.3. The number of rotatable bonds is 2. The Bertz CT molecular complexity index is 189. The Labute approximate surface area is 80.8 Å². The van der Waals surface area contributed by atoms with Crippen molar-refractivity contribution in [3.63, 3.8) is 0 Å². The van der Waals surface area contributed by atoms with E-state index in [1.807, 2.05) is 0 Å². The molecule has 1 unspecified atom stereocenters. The molecule has 0 aromatic rings. The summed E-state index contributed by atoms with van der Waals surface area (Å²) in [6.07, 6.45) is 12.3. The number of allylic oxidation sites excluding steroid dienone is 1. The van der Waals surface area contributed by atoms with E-state index in [0.717, 1.165) is 6.42 Å². The van der Waals surface area contributed by atoms with Crippen molar-refractivity contribution in [1.29, 1.82) is 0 Å². The van der Waals surface area contributed by atoms with Crippen molar-refractivity contribution >= 4 is 0 Å². The molecule has 13 heavy (non-hydrogen) atoms. The Morgan fingerprint density at radius 2 is 1.92 bits per heavy atom. The third-order valence-electron chi connectivity index (χ3n) is 3.55. The summed E-state index contributed by atoms with van der Waals surface area (Å²) in [7, 11) is 0. The highest BCUT2D eigenvalue weighted by molar-refractivity contribution is 5.14. The zero-order valence-corrected chi connectivity index (χ0v) is 8.34. The van der Waals surface area contributed by atoms with Gasteiger partial charge in [0.2, 0.25) is 0 Å². The van der Waals surface area contributed by atoms with Gasteiger partial charge in [-0.15, -0.1) is 0 Å². The molecule has 0 heterocycles. The molecule has 1 fully saturated rings. The minimum absolute atomic E-state index is 0.0946. The normalized spacial score (nSPS) is 27.3. The van der Waals surface area contributed by atoms with Gasteiger partial charge in [0.05, 0.1) is 6.10 Å². The van der Waals surface area contributed by atoms with Crippen LogP contribution in [0, 0.1) is 5.92 Å². The van der Waals surface area contributed by atoms with E-state index in [4.69, 9.17) is 0 Å². The molecular weight excluding hydrogens is 160 g/mol. The first-order chi connectivity index (χ1) is 6.38. The molecule has 0 radical (unpaired) electrons. The van der Waals surface area contributed by atoms with Crippen LogP contribution in [0.15, 0.2) is 11.6 Å². The summed E-state index contributed by atoms with van der Waals surface area (Å²) in [5.41, 5.74) is 1.34. The number of aliphatic hydroxyl groups excluding tert-OH is 1. The van der Waals surface area contributed by atoms with Gasteiger partial charge >= 0.3 is 0 Å². The maximum absolute atomic E-state index is 10.1. The first-order valence-corrected chi connectivity index (χ1v) is 5.75. The Morgan fingerprint density at radius 1 is 1.15 bits per heavy atom. The van der Waals surface area contributed by atoms with Crippen LogP contribution >= 0.6 is 0 Å². The van der Waals surface area contributed by atoms with Crippen molar-refractivity contribution in [3.05, 3.63) is 11.6 Å². The van der Waals surface area contributed by atoms with Gasteiger partial charge in [-0.25, -0.2) is 0 Å². The molecule has 0 aliphatic heterocycles. The zero-order valence-electron chi connectivity index (χ0n) is 8.34. The molecule has 2 aliphatic rings. The van der Waals surface area contributed by atoms with E-state index in [-0.39, 0.29) is 6.10 Å². The Hall–Kier alpha value is -0.300. The van der Waals surface area contributed by atoms with Crippen LogP contribution in [0.5, 0.6) is 0 Å². The average Bonchev–Trinajstić information content (AvgIpc) is 2.71. The number of hydrogen-bond donors (Lipinski definition) is 1. The van der Waals surface area contributed by atoms with Crippen molar-refractivity contribution in [1.82, 2.24) is 0 Å². The summed E-state index contributed by atoms with van der Waals surface area (Å²) in [5.74, 6) is 0.582.